The highest BCUT2D eigenvalue weighted by atomic mass is 35.5. The maximum Gasteiger partial charge on any atom is 0.224 e. The predicted octanol–water partition coefficient (Wildman–Crippen LogP) is 4.57. The summed E-state index contributed by atoms with van der Waals surface area (Å²) in [6.07, 6.45) is 8.86. The molecule has 1 saturated heterocycles. The van der Waals surface area contributed by atoms with Crippen LogP contribution < -0.4 is 10.2 Å². The number of rotatable bonds is 7. The predicted molar refractivity (Wildman–Crippen MR) is 121 cm³/mol. The summed E-state index contributed by atoms with van der Waals surface area (Å²) in [5.74, 6) is 1.02. The highest BCUT2D eigenvalue weighted by Crippen LogP contribution is 2.31. The number of benzene rings is 1. The molecule has 4 rings (SSSR count). The largest absolute Gasteiger partial charge is 0.356 e. The number of hydrogen-bond donors (Lipinski definition) is 1. The normalized spacial score (nSPS) is 16.7. The maximum absolute atomic E-state index is 12.6. The minimum absolute atomic E-state index is 0.00612. The molecule has 7 heteroatoms. The molecular weight excluding hydrogens is 398 g/mol. The number of piperidine rings is 1. The van der Waals surface area contributed by atoms with Crippen molar-refractivity contribution in [3.05, 3.63) is 47.7 Å². The highest BCUT2D eigenvalue weighted by molar-refractivity contribution is 6.33. The molecule has 30 heavy (non-hydrogen) atoms. The molecule has 1 amide bonds. The number of anilines is 1. The molecule has 6 nitrogen and oxygen atoms in total. The van der Waals surface area contributed by atoms with E-state index in [1.807, 2.05) is 41.0 Å². The van der Waals surface area contributed by atoms with Crippen molar-refractivity contribution in [1.29, 1.82) is 0 Å². The Balaban J connectivity index is 1.54. The molecule has 0 aliphatic carbocycles. The van der Waals surface area contributed by atoms with E-state index in [0.29, 0.717) is 11.6 Å². The van der Waals surface area contributed by atoms with Crippen LogP contribution in [0.4, 0.5) is 5.82 Å². The van der Waals surface area contributed by atoms with Gasteiger partial charge in [0.15, 0.2) is 5.82 Å². The minimum Gasteiger partial charge on any atom is -0.356 e. The number of fused-ring (bicyclic) bond motifs is 1. The van der Waals surface area contributed by atoms with Crippen LogP contribution in [0, 0.1) is 5.92 Å². The summed E-state index contributed by atoms with van der Waals surface area (Å²) in [6, 6.07) is 9.73. The Hall–Kier alpha value is -2.60. The number of nitrogens with zero attached hydrogens (tertiary/aromatic N) is 4. The third-order valence-electron chi connectivity index (χ3n) is 5.69. The fourth-order valence-electron chi connectivity index (χ4n) is 4.07. The van der Waals surface area contributed by atoms with Gasteiger partial charge in [0.05, 0.1) is 16.6 Å². The van der Waals surface area contributed by atoms with E-state index in [1.165, 1.54) is 0 Å². The molecule has 0 spiro atoms. The summed E-state index contributed by atoms with van der Waals surface area (Å²) in [4.78, 5) is 19.5. The van der Waals surface area contributed by atoms with E-state index < -0.39 is 0 Å². The van der Waals surface area contributed by atoms with Gasteiger partial charge in [0, 0.05) is 37.6 Å². The van der Waals surface area contributed by atoms with Gasteiger partial charge in [-0.1, -0.05) is 49.6 Å². The molecule has 158 valence electrons. The van der Waals surface area contributed by atoms with E-state index >= 15 is 0 Å². The standard InChI is InChI=1S/C23H28ClN5O/c1-2-3-6-11-26-23(30)17-8-7-13-28(16-17)22-21-15-20(27-29(21)14-12-25-22)18-9-4-5-10-19(18)24/h4-5,9-10,12,14-15,17H,2-3,6-8,11,13,16H2,1H3,(H,26,30)/t17-/m0/s1. The van der Waals surface area contributed by atoms with Crippen molar-refractivity contribution in [2.45, 2.75) is 39.0 Å². The SMILES string of the molecule is CCCCCNC(=O)[C@H]1CCCN(c2nccn3nc(-c4ccccc4Cl)cc23)C1. The zero-order chi connectivity index (χ0) is 20.9. The number of halogens is 1. The van der Waals surface area contributed by atoms with Gasteiger partial charge in [0.1, 0.15) is 5.52 Å². The molecule has 3 aromatic rings. The van der Waals surface area contributed by atoms with Crippen molar-refractivity contribution < 1.29 is 4.79 Å². The monoisotopic (exact) mass is 425 g/mol. The van der Waals surface area contributed by atoms with Crippen molar-refractivity contribution in [1.82, 2.24) is 19.9 Å². The first-order chi connectivity index (χ1) is 14.7. The van der Waals surface area contributed by atoms with Crippen molar-refractivity contribution in [2.24, 2.45) is 5.92 Å². The molecule has 1 N–H and O–H groups in total. The quantitative estimate of drug-likeness (QED) is 0.563. The first kappa shape index (κ1) is 20.7. The van der Waals surface area contributed by atoms with Crippen LogP contribution in [0.25, 0.3) is 16.8 Å². The molecule has 1 aromatic carbocycles. The third kappa shape index (κ3) is 4.43. The average Bonchev–Trinajstić information content (AvgIpc) is 3.21. The number of amides is 1. The van der Waals surface area contributed by atoms with Gasteiger partial charge >= 0.3 is 0 Å². The van der Waals surface area contributed by atoms with Crippen LogP contribution in [0.3, 0.4) is 0 Å². The lowest BCUT2D eigenvalue weighted by Crippen LogP contribution is -2.43. The second-order valence-electron chi connectivity index (χ2n) is 7.87. The lowest BCUT2D eigenvalue weighted by atomic mass is 9.97. The number of unbranched alkanes of at least 4 members (excludes halogenated alkanes) is 2. The number of aromatic nitrogens is 3. The van der Waals surface area contributed by atoms with Crippen LogP contribution in [0.5, 0.6) is 0 Å². The average molecular weight is 426 g/mol. The lowest BCUT2D eigenvalue weighted by molar-refractivity contribution is -0.125. The van der Waals surface area contributed by atoms with Crippen LogP contribution in [-0.4, -0.2) is 40.1 Å². The summed E-state index contributed by atoms with van der Waals surface area (Å²) in [5, 5.41) is 8.48. The van der Waals surface area contributed by atoms with Gasteiger partial charge in [-0.25, -0.2) is 9.50 Å². The summed E-state index contributed by atoms with van der Waals surface area (Å²) in [7, 11) is 0. The zero-order valence-electron chi connectivity index (χ0n) is 17.4. The van der Waals surface area contributed by atoms with Crippen LogP contribution in [0.15, 0.2) is 42.7 Å². The Morgan fingerprint density at radius 3 is 3.00 bits per heavy atom. The summed E-state index contributed by atoms with van der Waals surface area (Å²) < 4.78 is 1.84. The van der Waals surface area contributed by atoms with E-state index in [1.54, 1.807) is 6.20 Å². The Bertz CT molecular complexity index is 1020. The van der Waals surface area contributed by atoms with Gasteiger partial charge in [-0.2, -0.15) is 5.10 Å². The molecular formula is C23H28ClN5O. The Morgan fingerprint density at radius 1 is 1.30 bits per heavy atom. The minimum atomic E-state index is -0.00612. The molecule has 0 unspecified atom stereocenters. The Labute approximate surface area is 182 Å². The molecule has 1 fully saturated rings. The van der Waals surface area contributed by atoms with Crippen molar-refractivity contribution in [2.75, 3.05) is 24.5 Å². The second kappa shape index (κ2) is 9.47. The molecule has 2 aromatic heterocycles. The molecule has 3 heterocycles. The van der Waals surface area contributed by atoms with Gasteiger partial charge in [0.2, 0.25) is 5.91 Å². The van der Waals surface area contributed by atoms with Gasteiger partial charge in [-0.3, -0.25) is 4.79 Å². The van der Waals surface area contributed by atoms with Crippen molar-refractivity contribution in [3.63, 3.8) is 0 Å². The molecule has 1 aliphatic heterocycles. The molecule has 0 radical (unpaired) electrons. The van der Waals surface area contributed by atoms with E-state index in [0.717, 1.165) is 67.8 Å². The first-order valence-electron chi connectivity index (χ1n) is 10.8. The fraction of sp³-hybridized carbons (Fsp3) is 0.435. The van der Waals surface area contributed by atoms with E-state index in [4.69, 9.17) is 16.7 Å². The zero-order valence-corrected chi connectivity index (χ0v) is 18.1. The molecule has 0 saturated carbocycles. The molecule has 1 aliphatic rings. The highest BCUT2D eigenvalue weighted by Gasteiger charge is 2.27. The number of hydrogen-bond acceptors (Lipinski definition) is 4. The second-order valence-corrected chi connectivity index (χ2v) is 8.28. The van der Waals surface area contributed by atoms with Crippen LogP contribution in [-0.2, 0) is 4.79 Å². The van der Waals surface area contributed by atoms with Crippen molar-refractivity contribution >= 4 is 28.8 Å². The number of nitrogens with one attached hydrogen (secondary N) is 1. The first-order valence-corrected chi connectivity index (χ1v) is 11.2. The van der Waals surface area contributed by atoms with Gasteiger partial charge in [0.25, 0.3) is 0 Å². The maximum atomic E-state index is 12.6. The lowest BCUT2D eigenvalue weighted by Gasteiger charge is -2.33. The van der Waals surface area contributed by atoms with Gasteiger partial charge < -0.3 is 10.2 Å². The summed E-state index contributed by atoms with van der Waals surface area (Å²) in [6.45, 7) is 4.50. The Kier molecular flexibility index (Phi) is 6.53. The van der Waals surface area contributed by atoms with Gasteiger partial charge in [-0.05, 0) is 31.4 Å². The van der Waals surface area contributed by atoms with Crippen molar-refractivity contribution in [3.8, 4) is 11.3 Å². The Morgan fingerprint density at radius 2 is 2.17 bits per heavy atom. The van der Waals surface area contributed by atoms with E-state index in [2.05, 4.69) is 22.1 Å². The topological polar surface area (TPSA) is 62.5 Å². The summed E-state index contributed by atoms with van der Waals surface area (Å²) >= 11 is 6.37. The van der Waals surface area contributed by atoms with E-state index in [-0.39, 0.29) is 11.8 Å². The van der Waals surface area contributed by atoms with Crippen LogP contribution in [0.2, 0.25) is 5.02 Å². The number of carbonyl (C=O) groups is 1. The molecule has 1 atom stereocenters. The van der Waals surface area contributed by atoms with Crippen LogP contribution in [0.1, 0.15) is 39.0 Å². The fourth-order valence-corrected chi connectivity index (χ4v) is 4.30. The summed E-state index contributed by atoms with van der Waals surface area (Å²) in [5.41, 5.74) is 2.64. The number of carbonyl (C=O) groups excluding carboxylic acids is 1. The smallest absolute Gasteiger partial charge is 0.224 e. The van der Waals surface area contributed by atoms with Crippen LogP contribution >= 0.6 is 11.6 Å². The third-order valence-corrected chi connectivity index (χ3v) is 6.02. The molecule has 0 bridgehead atoms. The van der Waals surface area contributed by atoms with Gasteiger partial charge in [-0.15, -0.1) is 0 Å². The van der Waals surface area contributed by atoms with E-state index in [9.17, 15) is 4.79 Å².